The fourth-order valence-corrected chi connectivity index (χ4v) is 1.55. The first-order valence-corrected chi connectivity index (χ1v) is 5.34. The standard InChI is InChI=1S/C14H13FO2/c1-10-5-2-3-7-12(10)17-13-8-4-6-11(9-16)14(13)15/h2-8,16H,9H2,1H3. The highest BCUT2D eigenvalue weighted by molar-refractivity contribution is 5.39. The van der Waals surface area contributed by atoms with Crippen molar-refractivity contribution >= 4 is 0 Å². The molecule has 0 aromatic heterocycles. The molecule has 88 valence electrons. The predicted octanol–water partition coefficient (Wildman–Crippen LogP) is 3.42. The molecule has 0 aliphatic rings. The molecule has 1 N–H and O–H groups in total. The summed E-state index contributed by atoms with van der Waals surface area (Å²) in [4.78, 5) is 0. The number of halogens is 1. The van der Waals surface area contributed by atoms with Crippen molar-refractivity contribution in [3.05, 3.63) is 59.4 Å². The average molecular weight is 232 g/mol. The highest BCUT2D eigenvalue weighted by atomic mass is 19.1. The summed E-state index contributed by atoms with van der Waals surface area (Å²) in [6.07, 6.45) is 0. The molecule has 0 aliphatic heterocycles. The summed E-state index contributed by atoms with van der Waals surface area (Å²) >= 11 is 0. The molecular weight excluding hydrogens is 219 g/mol. The Bertz CT molecular complexity index is 523. The second kappa shape index (κ2) is 4.97. The van der Waals surface area contributed by atoms with Gasteiger partial charge in [-0.05, 0) is 24.6 Å². The third-order valence-corrected chi connectivity index (χ3v) is 2.53. The van der Waals surface area contributed by atoms with Gasteiger partial charge in [-0.25, -0.2) is 4.39 Å². The Morgan fingerprint density at radius 2 is 1.76 bits per heavy atom. The summed E-state index contributed by atoms with van der Waals surface area (Å²) < 4.78 is 19.3. The van der Waals surface area contributed by atoms with Crippen LogP contribution in [-0.2, 0) is 6.61 Å². The first-order valence-electron chi connectivity index (χ1n) is 5.34. The Morgan fingerprint density at radius 1 is 1.06 bits per heavy atom. The number of ether oxygens (including phenoxy) is 1. The van der Waals surface area contributed by atoms with Crippen LogP contribution >= 0.6 is 0 Å². The van der Waals surface area contributed by atoms with Gasteiger partial charge in [-0.3, -0.25) is 0 Å². The summed E-state index contributed by atoms with van der Waals surface area (Å²) in [5, 5.41) is 8.97. The Hall–Kier alpha value is -1.87. The number of hydrogen-bond acceptors (Lipinski definition) is 2. The molecule has 0 heterocycles. The topological polar surface area (TPSA) is 29.5 Å². The first-order chi connectivity index (χ1) is 8.22. The maximum absolute atomic E-state index is 13.8. The molecule has 0 saturated carbocycles. The maximum Gasteiger partial charge on any atom is 0.171 e. The molecule has 0 amide bonds. The Labute approximate surface area is 99.3 Å². The molecule has 0 saturated heterocycles. The van der Waals surface area contributed by atoms with E-state index in [0.717, 1.165) is 5.56 Å². The minimum atomic E-state index is -0.516. The molecule has 17 heavy (non-hydrogen) atoms. The lowest BCUT2D eigenvalue weighted by molar-refractivity contribution is 0.273. The van der Waals surface area contributed by atoms with Gasteiger partial charge >= 0.3 is 0 Å². The van der Waals surface area contributed by atoms with Crippen molar-refractivity contribution in [3.63, 3.8) is 0 Å². The Morgan fingerprint density at radius 3 is 2.47 bits per heavy atom. The summed E-state index contributed by atoms with van der Waals surface area (Å²) in [7, 11) is 0. The molecule has 2 rings (SSSR count). The quantitative estimate of drug-likeness (QED) is 0.878. The molecule has 0 aliphatic carbocycles. The number of rotatable bonds is 3. The molecule has 2 aromatic carbocycles. The minimum Gasteiger partial charge on any atom is -0.454 e. The normalized spacial score (nSPS) is 10.3. The first kappa shape index (κ1) is 11.6. The smallest absolute Gasteiger partial charge is 0.171 e. The number of para-hydroxylation sites is 1. The summed E-state index contributed by atoms with van der Waals surface area (Å²) in [6, 6.07) is 12.1. The van der Waals surface area contributed by atoms with E-state index >= 15 is 0 Å². The highest BCUT2D eigenvalue weighted by Gasteiger charge is 2.09. The van der Waals surface area contributed by atoms with Gasteiger partial charge in [0.05, 0.1) is 6.61 Å². The Kier molecular flexibility index (Phi) is 3.40. The molecule has 2 aromatic rings. The van der Waals surface area contributed by atoms with E-state index < -0.39 is 5.82 Å². The molecule has 2 nitrogen and oxygen atoms in total. The van der Waals surface area contributed by atoms with E-state index in [-0.39, 0.29) is 17.9 Å². The fraction of sp³-hybridized carbons (Fsp3) is 0.143. The van der Waals surface area contributed by atoms with Gasteiger partial charge in [0.2, 0.25) is 0 Å². The summed E-state index contributed by atoms with van der Waals surface area (Å²) in [6.45, 7) is 1.56. The Balaban J connectivity index is 2.34. The monoisotopic (exact) mass is 232 g/mol. The van der Waals surface area contributed by atoms with Crippen molar-refractivity contribution in [1.29, 1.82) is 0 Å². The van der Waals surface area contributed by atoms with E-state index in [9.17, 15) is 4.39 Å². The van der Waals surface area contributed by atoms with Crippen LogP contribution in [0.25, 0.3) is 0 Å². The van der Waals surface area contributed by atoms with E-state index in [4.69, 9.17) is 9.84 Å². The van der Waals surface area contributed by atoms with Crippen LogP contribution in [0.5, 0.6) is 11.5 Å². The van der Waals surface area contributed by atoms with Crippen molar-refractivity contribution in [3.8, 4) is 11.5 Å². The van der Waals surface area contributed by atoms with Crippen molar-refractivity contribution < 1.29 is 14.2 Å². The van der Waals surface area contributed by atoms with Crippen molar-refractivity contribution in [1.82, 2.24) is 0 Å². The molecule has 0 unspecified atom stereocenters. The maximum atomic E-state index is 13.8. The predicted molar refractivity (Wildman–Crippen MR) is 63.6 cm³/mol. The second-order valence-electron chi connectivity index (χ2n) is 3.75. The van der Waals surface area contributed by atoms with Gasteiger partial charge in [0.25, 0.3) is 0 Å². The van der Waals surface area contributed by atoms with Crippen LogP contribution in [0.15, 0.2) is 42.5 Å². The van der Waals surface area contributed by atoms with E-state index in [1.807, 2.05) is 25.1 Å². The largest absolute Gasteiger partial charge is 0.454 e. The number of benzene rings is 2. The fourth-order valence-electron chi connectivity index (χ4n) is 1.55. The van der Waals surface area contributed by atoms with Gasteiger partial charge < -0.3 is 9.84 Å². The van der Waals surface area contributed by atoms with Gasteiger partial charge in [0, 0.05) is 5.56 Å². The molecule has 0 atom stereocenters. The van der Waals surface area contributed by atoms with Crippen LogP contribution in [0.2, 0.25) is 0 Å². The number of hydrogen-bond donors (Lipinski definition) is 1. The molecular formula is C14H13FO2. The van der Waals surface area contributed by atoms with E-state index in [0.29, 0.717) is 5.75 Å². The number of aliphatic hydroxyl groups excluding tert-OH is 1. The van der Waals surface area contributed by atoms with Crippen LogP contribution in [-0.4, -0.2) is 5.11 Å². The average Bonchev–Trinajstić information content (AvgIpc) is 2.34. The third-order valence-electron chi connectivity index (χ3n) is 2.53. The minimum absolute atomic E-state index is 0.130. The zero-order valence-electron chi connectivity index (χ0n) is 9.48. The van der Waals surface area contributed by atoms with Crippen LogP contribution in [0.1, 0.15) is 11.1 Å². The summed E-state index contributed by atoms with van der Waals surface area (Å²) in [5.74, 6) is 0.227. The lowest BCUT2D eigenvalue weighted by Crippen LogP contribution is -1.95. The molecule has 0 fully saturated rings. The van der Waals surface area contributed by atoms with Crippen molar-refractivity contribution in [2.75, 3.05) is 0 Å². The molecule has 0 spiro atoms. The number of aliphatic hydroxyl groups is 1. The van der Waals surface area contributed by atoms with E-state index in [1.165, 1.54) is 6.07 Å². The van der Waals surface area contributed by atoms with Crippen LogP contribution < -0.4 is 4.74 Å². The zero-order valence-corrected chi connectivity index (χ0v) is 9.48. The van der Waals surface area contributed by atoms with Crippen LogP contribution in [0.3, 0.4) is 0 Å². The van der Waals surface area contributed by atoms with Crippen molar-refractivity contribution in [2.45, 2.75) is 13.5 Å². The lowest BCUT2D eigenvalue weighted by Gasteiger charge is -2.10. The van der Waals surface area contributed by atoms with E-state index in [1.54, 1.807) is 18.2 Å². The lowest BCUT2D eigenvalue weighted by atomic mass is 10.2. The van der Waals surface area contributed by atoms with Gasteiger partial charge in [-0.2, -0.15) is 0 Å². The SMILES string of the molecule is Cc1ccccc1Oc1cccc(CO)c1F. The van der Waals surface area contributed by atoms with Gasteiger partial charge in [-0.15, -0.1) is 0 Å². The van der Waals surface area contributed by atoms with Gasteiger partial charge in [0.15, 0.2) is 11.6 Å². The molecule has 0 radical (unpaired) electrons. The number of aryl methyl sites for hydroxylation is 1. The molecule has 3 heteroatoms. The zero-order chi connectivity index (χ0) is 12.3. The van der Waals surface area contributed by atoms with E-state index in [2.05, 4.69) is 0 Å². The third kappa shape index (κ3) is 2.45. The summed E-state index contributed by atoms with van der Waals surface area (Å²) in [5.41, 5.74) is 1.16. The van der Waals surface area contributed by atoms with Crippen LogP contribution in [0, 0.1) is 12.7 Å². The van der Waals surface area contributed by atoms with Crippen LogP contribution in [0.4, 0.5) is 4.39 Å². The van der Waals surface area contributed by atoms with Crippen molar-refractivity contribution in [2.24, 2.45) is 0 Å². The second-order valence-corrected chi connectivity index (χ2v) is 3.75. The van der Waals surface area contributed by atoms with Gasteiger partial charge in [0.1, 0.15) is 5.75 Å². The molecule has 0 bridgehead atoms. The van der Waals surface area contributed by atoms with Gasteiger partial charge in [-0.1, -0.05) is 30.3 Å². The highest BCUT2D eigenvalue weighted by Crippen LogP contribution is 2.28.